The topological polar surface area (TPSA) is 30.5 Å². The molecule has 1 saturated heterocycles. The van der Waals surface area contributed by atoms with Crippen LogP contribution >= 0.6 is 0 Å². The van der Waals surface area contributed by atoms with Gasteiger partial charge in [-0.1, -0.05) is 12.1 Å². The van der Waals surface area contributed by atoms with Gasteiger partial charge in [0.05, 0.1) is 19.8 Å². The zero-order chi connectivity index (χ0) is 10.7. The van der Waals surface area contributed by atoms with E-state index in [4.69, 9.17) is 9.47 Å². The van der Waals surface area contributed by atoms with E-state index in [2.05, 4.69) is 24.4 Å². The molecule has 0 amide bonds. The molecule has 2 rings (SSSR count). The van der Waals surface area contributed by atoms with Crippen molar-refractivity contribution in [3.8, 4) is 5.75 Å². The molecule has 3 nitrogen and oxygen atoms in total. The largest absolute Gasteiger partial charge is 0.497 e. The van der Waals surface area contributed by atoms with Crippen LogP contribution < -0.4 is 10.1 Å². The molecule has 1 N–H and O–H groups in total. The van der Waals surface area contributed by atoms with Gasteiger partial charge in [0.25, 0.3) is 0 Å². The summed E-state index contributed by atoms with van der Waals surface area (Å²) >= 11 is 0. The van der Waals surface area contributed by atoms with E-state index >= 15 is 0 Å². The Bertz CT molecular complexity index is 310. The first-order valence-electron chi connectivity index (χ1n) is 5.30. The predicted octanol–water partition coefficient (Wildman–Crippen LogP) is 1.74. The second kappa shape index (κ2) is 4.64. The van der Waals surface area contributed by atoms with Crippen molar-refractivity contribution in [1.82, 2.24) is 5.32 Å². The first-order valence-corrected chi connectivity index (χ1v) is 5.30. The van der Waals surface area contributed by atoms with Gasteiger partial charge in [0, 0.05) is 12.6 Å². The van der Waals surface area contributed by atoms with Gasteiger partial charge in [0.15, 0.2) is 0 Å². The van der Waals surface area contributed by atoms with Crippen LogP contribution in [0.4, 0.5) is 0 Å². The molecule has 1 aromatic rings. The Morgan fingerprint density at radius 3 is 2.67 bits per heavy atom. The molecule has 0 bridgehead atoms. The number of hydrogen-bond donors (Lipinski definition) is 1. The maximum Gasteiger partial charge on any atom is 0.118 e. The molecule has 82 valence electrons. The summed E-state index contributed by atoms with van der Waals surface area (Å²) in [6.07, 6.45) is 0.157. The molecule has 0 radical (unpaired) electrons. The van der Waals surface area contributed by atoms with E-state index < -0.39 is 0 Å². The van der Waals surface area contributed by atoms with Gasteiger partial charge in [-0.25, -0.2) is 0 Å². The normalized spacial score (nSPS) is 26.3. The molecule has 15 heavy (non-hydrogen) atoms. The van der Waals surface area contributed by atoms with Gasteiger partial charge in [-0.3, -0.25) is 0 Å². The Kier molecular flexibility index (Phi) is 3.23. The third-order valence-electron chi connectivity index (χ3n) is 2.76. The zero-order valence-corrected chi connectivity index (χ0v) is 9.19. The summed E-state index contributed by atoms with van der Waals surface area (Å²) in [5.41, 5.74) is 1.20. The Labute approximate surface area is 90.4 Å². The lowest BCUT2D eigenvalue weighted by Crippen LogP contribution is -2.41. The molecule has 1 aliphatic rings. The zero-order valence-electron chi connectivity index (χ0n) is 9.19. The van der Waals surface area contributed by atoms with E-state index in [1.165, 1.54) is 5.56 Å². The fourth-order valence-corrected chi connectivity index (χ4v) is 1.90. The average Bonchev–Trinajstić information content (AvgIpc) is 2.30. The first-order chi connectivity index (χ1) is 7.31. The van der Waals surface area contributed by atoms with E-state index in [1.807, 2.05) is 12.1 Å². The van der Waals surface area contributed by atoms with Gasteiger partial charge < -0.3 is 14.8 Å². The van der Waals surface area contributed by atoms with Crippen molar-refractivity contribution in [2.75, 3.05) is 20.3 Å². The minimum Gasteiger partial charge on any atom is -0.497 e. The van der Waals surface area contributed by atoms with Crippen LogP contribution in [0.3, 0.4) is 0 Å². The Morgan fingerprint density at radius 2 is 2.07 bits per heavy atom. The Hall–Kier alpha value is -1.06. The minimum atomic E-state index is 0.157. The molecule has 3 heteroatoms. The lowest BCUT2D eigenvalue weighted by molar-refractivity contribution is -0.000243. The summed E-state index contributed by atoms with van der Waals surface area (Å²) in [4.78, 5) is 0. The van der Waals surface area contributed by atoms with Crippen LogP contribution in [0.1, 0.15) is 18.6 Å². The third kappa shape index (κ3) is 2.30. The number of hydrogen-bond acceptors (Lipinski definition) is 3. The molecular weight excluding hydrogens is 190 g/mol. The maximum absolute atomic E-state index is 5.75. The second-order valence-electron chi connectivity index (χ2n) is 3.81. The molecule has 1 heterocycles. The number of morpholine rings is 1. The second-order valence-corrected chi connectivity index (χ2v) is 3.81. The van der Waals surface area contributed by atoms with Crippen molar-refractivity contribution in [2.45, 2.75) is 19.1 Å². The van der Waals surface area contributed by atoms with Crippen LogP contribution in [0.25, 0.3) is 0 Å². The lowest BCUT2D eigenvalue weighted by Gasteiger charge is -2.30. The summed E-state index contributed by atoms with van der Waals surface area (Å²) in [5.74, 6) is 0.884. The van der Waals surface area contributed by atoms with Gasteiger partial charge in [-0.05, 0) is 24.6 Å². The predicted molar refractivity (Wildman–Crippen MR) is 59.2 cm³/mol. The highest BCUT2D eigenvalue weighted by Crippen LogP contribution is 2.25. The molecule has 1 aliphatic heterocycles. The number of benzene rings is 1. The Balaban J connectivity index is 2.13. The number of ether oxygens (including phenoxy) is 2. The average molecular weight is 207 g/mol. The van der Waals surface area contributed by atoms with E-state index in [-0.39, 0.29) is 6.10 Å². The highest BCUT2D eigenvalue weighted by molar-refractivity contribution is 5.29. The summed E-state index contributed by atoms with van der Waals surface area (Å²) < 4.78 is 10.9. The molecule has 0 spiro atoms. The fourth-order valence-electron chi connectivity index (χ4n) is 1.90. The van der Waals surface area contributed by atoms with E-state index in [0.29, 0.717) is 6.04 Å². The van der Waals surface area contributed by atoms with Gasteiger partial charge in [0.1, 0.15) is 5.75 Å². The Morgan fingerprint density at radius 1 is 1.33 bits per heavy atom. The SMILES string of the molecule is COc1ccc([C@@H]2OCCN[C@@H]2C)cc1. The third-order valence-corrected chi connectivity index (χ3v) is 2.76. The van der Waals surface area contributed by atoms with E-state index in [1.54, 1.807) is 7.11 Å². The van der Waals surface area contributed by atoms with Crippen molar-refractivity contribution in [3.05, 3.63) is 29.8 Å². The smallest absolute Gasteiger partial charge is 0.118 e. The molecule has 1 aromatic carbocycles. The molecule has 1 fully saturated rings. The van der Waals surface area contributed by atoms with Gasteiger partial charge in [-0.15, -0.1) is 0 Å². The summed E-state index contributed by atoms with van der Waals surface area (Å²) in [6, 6.07) is 8.44. The molecular formula is C12H17NO2. The molecule has 0 saturated carbocycles. The first kappa shape index (κ1) is 10.5. The van der Waals surface area contributed by atoms with Crippen molar-refractivity contribution >= 4 is 0 Å². The fraction of sp³-hybridized carbons (Fsp3) is 0.500. The van der Waals surface area contributed by atoms with Crippen LogP contribution in [0.5, 0.6) is 5.75 Å². The lowest BCUT2D eigenvalue weighted by atomic mass is 10.0. The number of methoxy groups -OCH3 is 1. The molecule has 0 aliphatic carbocycles. The van der Waals surface area contributed by atoms with Crippen molar-refractivity contribution in [1.29, 1.82) is 0 Å². The monoisotopic (exact) mass is 207 g/mol. The van der Waals surface area contributed by atoms with Crippen LogP contribution in [-0.4, -0.2) is 26.3 Å². The summed E-state index contributed by atoms with van der Waals surface area (Å²) in [7, 11) is 1.68. The quantitative estimate of drug-likeness (QED) is 0.801. The highest BCUT2D eigenvalue weighted by atomic mass is 16.5. The van der Waals surface area contributed by atoms with Crippen LogP contribution in [0.15, 0.2) is 24.3 Å². The summed E-state index contributed by atoms with van der Waals surface area (Å²) in [6.45, 7) is 3.86. The number of rotatable bonds is 2. The molecule has 0 aromatic heterocycles. The van der Waals surface area contributed by atoms with Crippen LogP contribution in [-0.2, 0) is 4.74 Å². The van der Waals surface area contributed by atoms with E-state index in [9.17, 15) is 0 Å². The number of nitrogens with one attached hydrogen (secondary N) is 1. The van der Waals surface area contributed by atoms with Crippen molar-refractivity contribution < 1.29 is 9.47 Å². The van der Waals surface area contributed by atoms with Crippen molar-refractivity contribution in [2.24, 2.45) is 0 Å². The summed E-state index contributed by atoms with van der Waals surface area (Å²) in [5, 5.41) is 3.40. The highest BCUT2D eigenvalue weighted by Gasteiger charge is 2.22. The van der Waals surface area contributed by atoms with E-state index in [0.717, 1.165) is 18.9 Å². The standard InChI is InChI=1S/C12H17NO2/c1-9-12(15-8-7-13-9)10-3-5-11(14-2)6-4-10/h3-6,9,12-13H,7-8H2,1-2H3/t9-,12-/m1/s1. The van der Waals surface area contributed by atoms with Crippen LogP contribution in [0, 0.1) is 0 Å². The van der Waals surface area contributed by atoms with Gasteiger partial charge >= 0.3 is 0 Å². The maximum atomic E-state index is 5.75. The van der Waals surface area contributed by atoms with Gasteiger partial charge in [-0.2, -0.15) is 0 Å². The van der Waals surface area contributed by atoms with Gasteiger partial charge in [0.2, 0.25) is 0 Å². The molecule has 2 atom stereocenters. The minimum absolute atomic E-state index is 0.157. The van der Waals surface area contributed by atoms with Crippen LogP contribution in [0.2, 0.25) is 0 Å². The van der Waals surface area contributed by atoms with Crippen molar-refractivity contribution in [3.63, 3.8) is 0 Å². The molecule has 0 unspecified atom stereocenters.